The molecule has 0 fully saturated rings. The molecule has 0 aromatic rings. The van der Waals surface area contributed by atoms with Crippen LogP contribution < -0.4 is 0 Å². The quantitative estimate of drug-likeness (QED) is 0.465. The molecule has 0 heterocycles. The summed E-state index contributed by atoms with van der Waals surface area (Å²) >= 11 is 3.47. The third-order valence-corrected chi connectivity index (χ3v) is 1.54. The largest absolute Gasteiger partial charge is 0.478 e. The number of thiol groups is 1. The third-order valence-electron chi connectivity index (χ3n) is 1.20. The number of carbonyl (C=O) groups is 2. The molecule has 1 N–H and O–H groups in total. The van der Waals surface area contributed by atoms with Crippen molar-refractivity contribution in [3.05, 3.63) is 11.1 Å². The van der Waals surface area contributed by atoms with Crippen LogP contribution in [0.2, 0.25) is 0 Å². The lowest BCUT2D eigenvalue weighted by molar-refractivity contribution is -0.132. The van der Waals surface area contributed by atoms with Crippen molar-refractivity contribution in [2.24, 2.45) is 0 Å². The monoisotopic (exact) mass is 160 g/mol. The molecule has 4 heteroatoms. The van der Waals surface area contributed by atoms with Crippen LogP contribution in [0.5, 0.6) is 0 Å². The smallest absolute Gasteiger partial charge is 0.331 e. The fraction of sp³-hybridized carbons (Fsp3) is 0.333. The van der Waals surface area contributed by atoms with Crippen molar-refractivity contribution < 1.29 is 14.7 Å². The number of carboxylic acid groups (broad SMARTS) is 1. The summed E-state index contributed by atoms with van der Waals surface area (Å²) in [4.78, 5) is 20.6. The molecule has 0 aliphatic heterocycles. The Balaban J connectivity index is 4.67. The minimum Gasteiger partial charge on any atom is -0.478 e. The molecule has 0 amide bonds. The first-order valence-electron chi connectivity index (χ1n) is 2.61. The summed E-state index contributed by atoms with van der Waals surface area (Å²) in [6.45, 7) is 2.80. The minimum absolute atomic E-state index is 0.0417. The summed E-state index contributed by atoms with van der Waals surface area (Å²) in [5.74, 6) is -1.08. The normalized spacial score (nSPS) is 12.3. The van der Waals surface area contributed by atoms with Crippen LogP contribution in [0.4, 0.5) is 0 Å². The maximum absolute atomic E-state index is 10.4. The number of rotatable bonds is 2. The summed E-state index contributed by atoms with van der Waals surface area (Å²) in [6.07, 6.45) is 0. The summed E-state index contributed by atoms with van der Waals surface area (Å²) in [7, 11) is 0. The molecule has 0 rings (SSSR count). The molecule has 0 saturated heterocycles. The second kappa shape index (κ2) is 3.41. The predicted molar refractivity (Wildman–Crippen MR) is 40.0 cm³/mol. The van der Waals surface area contributed by atoms with Crippen LogP contribution in [-0.2, 0) is 9.59 Å². The predicted octanol–water partition coefficient (Wildman–Crippen LogP) is 0.864. The standard InChI is InChI=1S/C6H8O3S/c1-3(5(7)8)4(2)6(9)10/h1-2H3,(H,7,8)(H,9,10)/b4-3-. The van der Waals surface area contributed by atoms with Crippen molar-refractivity contribution in [1.82, 2.24) is 0 Å². The van der Waals surface area contributed by atoms with Gasteiger partial charge in [-0.1, -0.05) is 0 Å². The topological polar surface area (TPSA) is 54.4 Å². The van der Waals surface area contributed by atoms with E-state index in [1.54, 1.807) is 0 Å². The van der Waals surface area contributed by atoms with Gasteiger partial charge >= 0.3 is 5.97 Å². The Morgan fingerprint density at radius 1 is 1.20 bits per heavy atom. The van der Waals surface area contributed by atoms with Gasteiger partial charge in [0.15, 0.2) is 0 Å². The van der Waals surface area contributed by atoms with Gasteiger partial charge in [0.05, 0.1) is 0 Å². The highest BCUT2D eigenvalue weighted by Gasteiger charge is 2.08. The third kappa shape index (κ3) is 2.23. The van der Waals surface area contributed by atoms with Crippen LogP contribution in [-0.4, -0.2) is 16.2 Å². The maximum Gasteiger partial charge on any atom is 0.331 e. The van der Waals surface area contributed by atoms with Crippen molar-refractivity contribution in [2.45, 2.75) is 13.8 Å². The average Bonchev–Trinajstić information content (AvgIpc) is 1.84. The highest BCUT2D eigenvalue weighted by molar-refractivity contribution is 7.97. The lowest BCUT2D eigenvalue weighted by Gasteiger charge is -1.95. The van der Waals surface area contributed by atoms with Crippen LogP contribution in [0.1, 0.15) is 13.8 Å². The Hall–Kier alpha value is -0.770. The van der Waals surface area contributed by atoms with E-state index in [9.17, 15) is 9.59 Å². The van der Waals surface area contributed by atoms with Gasteiger partial charge in [0, 0.05) is 11.1 Å². The summed E-state index contributed by atoms with van der Waals surface area (Å²) in [6, 6.07) is 0. The van der Waals surface area contributed by atoms with Gasteiger partial charge in [-0.05, 0) is 13.8 Å². The van der Waals surface area contributed by atoms with Crippen molar-refractivity contribution in [1.29, 1.82) is 0 Å². The van der Waals surface area contributed by atoms with E-state index < -0.39 is 11.1 Å². The molecule has 0 aromatic carbocycles. The number of carbonyl (C=O) groups excluding carboxylic acids is 1. The molecule has 0 bridgehead atoms. The van der Waals surface area contributed by atoms with E-state index in [0.717, 1.165) is 0 Å². The summed E-state index contributed by atoms with van der Waals surface area (Å²) in [5, 5.41) is 7.86. The van der Waals surface area contributed by atoms with E-state index in [2.05, 4.69) is 12.6 Å². The van der Waals surface area contributed by atoms with Crippen LogP contribution in [0, 0.1) is 0 Å². The van der Waals surface area contributed by atoms with Crippen molar-refractivity contribution in [2.75, 3.05) is 0 Å². The van der Waals surface area contributed by atoms with Gasteiger partial charge in [-0.3, -0.25) is 4.79 Å². The van der Waals surface area contributed by atoms with Crippen LogP contribution >= 0.6 is 12.6 Å². The second-order valence-electron chi connectivity index (χ2n) is 1.86. The molecule has 0 atom stereocenters. The summed E-state index contributed by atoms with van der Waals surface area (Å²) in [5.41, 5.74) is 0.218. The van der Waals surface area contributed by atoms with E-state index in [0.29, 0.717) is 0 Å². The zero-order valence-corrected chi connectivity index (χ0v) is 6.61. The highest BCUT2D eigenvalue weighted by atomic mass is 32.1. The number of carboxylic acids is 1. The van der Waals surface area contributed by atoms with Crippen molar-refractivity contribution >= 4 is 23.7 Å². The molecule has 0 spiro atoms. The zero-order valence-electron chi connectivity index (χ0n) is 5.71. The van der Waals surface area contributed by atoms with Crippen molar-refractivity contribution in [3.63, 3.8) is 0 Å². The Kier molecular flexibility index (Phi) is 3.15. The first-order valence-corrected chi connectivity index (χ1v) is 3.05. The second-order valence-corrected chi connectivity index (χ2v) is 2.27. The molecule has 0 aromatic heterocycles. The van der Waals surface area contributed by atoms with Gasteiger partial charge < -0.3 is 5.11 Å². The number of aliphatic carboxylic acids is 1. The van der Waals surface area contributed by atoms with Gasteiger partial charge in [0.2, 0.25) is 5.12 Å². The van der Waals surface area contributed by atoms with Crippen LogP contribution in [0.3, 0.4) is 0 Å². The lowest BCUT2D eigenvalue weighted by Crippen LogP contribution is -2.02. The maximum atomic E-state index is 10.4. The van der Waals surface area contributed by atoms with Crippen LogP contribution in [0.15, 0.2) is 11.1 Å². The molecule has 56 valence electrons. The van der Waals surface area contributed by atoms with E-state index in [-0.39, 0.29) is 11.1 Å². The van der Waals surface area contributed by atoms with Crippen LogP contribution in [0.25, 0.3) is 0 Å². The molecular weight excluding hydrogens is 152 g/mol. The zero-order chi connectivity index (χ0) is 8.31. The van der Waals surface area contributed by atoms with E-state index in [1.165, 1.54) is 13.8 Å². The molecule has 0 aliphatic rings. The van der Waals surface area contributed by atoms with Gasteiger partial charge in [-0.25, -0.2) is 4.79 Å². The first-order chi connectivity index (χ1) is 4.46. The molecule has 0 radical (unpaired) electrons. The molecular formula is C6H8O3S. The van der Waals surface area contributed by atoms with Gasteiger partial charge in [-0.2, -0.15) is 0 Å². The Bertz CT molecular complexity index is 183. The van der Waals surface area contributed by atoms with Gasteiger partial charge in [0.1, 0.15) is 0 Å². The molecule has 3 nitrogen and oxygen atoms in total. The Morgan fingerprint density at radius 3 is 1.70 bits per heavy atom. The number of hydrogen-bond donors (Lipinski definition) is 2. The fourth-order valence-corrected chi connectivity index (χ4v) is 0.489. The summed E-state index contributed by atoms with van der Waals surface area (Å²) < 4.78 is 0. The van der Waals surface area contributed by atoms with E-state index in [1.807, 2.05) is 0 Å². The SMILES string of the molecule is C/C(C(=O)O)=C(\C)C(=O)S. The fourth-order valence-electron chi connectivity index (χ4n) is 0.321. The lowest BCUT2D eigenvalue weighted by atomic mass is 10.2. The average molecular weight is 160 g/mol. The Labute approximate surface area is 64.1 Å². The van der Waals surface area contributed by atoms with E-state index in [4.69, 9.17) is 5.11 Å². The first kappa shape index (κ1) is 9.23. The number of hydrogen-bond acceptors (Lipinski definition) is 2. The Morgan fingerprint density at radius 2 is 1.60 bits per heavy atom. The molecule has 0 unspecified atom stereocenters. The molecule has 0 aliphatic carbocycles. The van der Waals surface area contributed by atoms with Gasteiger partial charge in [-0.15, -0.1) is 12.6 Å². The highest BCUT2D eigenvalue weighted by Crippen LogP contribution is 2.05. The van der Waals surface area contributed by atoms with Gasteiger partial charge in [0.25, 0.3) is 0 Å². The minimum atomic E-state index is -1.08. The van der Waals surface area contributed by atoms with E-state index >= 15 is 0 Å². The van der Waals surface area contributed by atoms with Crippen molar-refractivity contribution in [3.8, 4) is 0 Å². The molecule has 10 heavy (non-hydrogen) atoms. The molecule has 0 saturated carbocycles.